The lowest BCUT2D eigenvalue weighted by molar-refractivity contribution is -0.0884. The third-order valence-corrected chi connectivity index (χ3v) is 3.42. The van der Waals surface area contributed by atoms with Gasteiger partial charge in [-0.1, -0.05) is 24.6 Å². The zero-order valence-electron chi connectivity index (χ0n) is 12.0. The van der Waals surface area contributed by atoms with Crippen LogP contribution in [0.1, 0.15) is 26.2 Å². The second-order valence-electron chi connectivity index (χ2n) is 5.04. The number of halogens is 3. The van der Waals surface area contributed by atoms with E-state index in [-0.39, 0.29) is 12.6 Å². The van der Waals surface area contributed by atoms with Gasteiger partial charge >= 0.3 is 12.3 Å². The van der Waals surface area contributed by atoms with E-state index in [1.165, 1.54) is 12.5 Å². The molecule has 0 radical (unpaired) electrons. The SMILES string of the molecule is CC(/C=C\C(=C/CNC(=O)O)C(F)(F)F)N1CCCCC1. The third kappa shape index (κ3) is 6.66. The van der Waals surface area contributed by atoms with Gasteiger partial charge < -0.3 is 10.4 Å². The molecular weight excluding hydrogens is 285 g/mol. The van der Waals surface area contributed by atoms with E-state index in [2.05, 4.69) is 4.90 Å². The highest BCUT2D eigenvalue weighted by molar-refractivity contribution is 5.64. The Balaban J connectivity index is 2.66. The molecule has 120 valence electrons. The quantitative estimate of drug-likeness (QED) is 0.767. The first kappa shape index (κ1) is 17.6. The minimum Gasteiger partial charge on any atom is -0.465 e. The smallest absolute Gasteiger partial charge is 0.416 e. The summed E-state index contributed by atoms with van der Waals surface area (Å²) in [5.74, 6) is 0. The van der Waals surface area contributed by atoms with Gasteiger partial charge in [-0.2, -0.15) is 13.2 Å². The molecule has 1 aliphatic heterocycles. The zero-order chi connectivity index (χ0) is 15.9. The number of carbonyl (C=O) groups is 1. The van der Waals surface area contributed by atoms with E-state index in [0.29, 0.717) is 0 Å². The molecule has 21 heavy (non-hydrogen) atoms. The molecule has 1 saturated heterocycles. The minimum absolute atomic E-state index is 0.0662. The highest BCUT2D eigenvalue weighted by Gasteiger charge is 2.31. The van der Waals surface area contributed by atoms with E-state index < -0.39 is 17.8 Å². The molecule has 1 amide bonds. The van der Waals surface area contributed by atoms with E-state index in [1.54, 1.807) is 0 Å². The van der Waals surface area contributed by atoms with Crippen LogP contribution in [0.4, 0.5) is 18.0 Å². The van der Waals surface area contributed by atoms with Gasteiger partial charge in [0, 0.05) is 12.6 Å². The Morgan fingerprint density at radius 2 is 1.95 bits per heavy atom. The summed E-state index contributed by atoms with van der Waals surface area (Å²) in [6, 6.07) is -0.0662. The molecule has 1 unspecified atom stereocenters. The van der Waals surface area contributed by atoms with E-state index in [9.17, 15) is 18.0 Å². The maximum atomic E-state index is 12.8. The van der Waals surface area contributed by atoms with Crippen LogP contribution >= 0.6 is 0 Å². The summed E-state index contributed by atoms with van der Waals surface area (Å²) < 4.78 is 38.5. The first-order valence-electron chi connectivity index (χ1n) is 6.97. The van der Waals surface area contributed by atoms with Gasteiger partial charge in [0.1, 0.15) is 0 Å². The lowest BCUT2D eigenvalue weighted by atomic mass is 10.1. The molecule has 1 heterocycles. The monoisotopic (exact) mass is 306 g/mol. The van der Waals surface area contributed by atoms with Crippen LogP contribution < -0.4 is 5.32 Å². The average molecular weight is 306 g/mol. The molecule has 7 heteroatoms. The van der Waals surface area contributed by atoms with Crippen molar-refractivity contribution < 1.29 is 23.1 Å². The van der Waals surface area contributed by atoms with Gasteiger partial charge in [0.25, 0.3) is 0 Å². The summed E-state index contributed by atoms with van der Waals surface area (Å²) in [6.07, 6.45) is 0.867. The predicted octanol–water partition coefficient (Wildman–Crippen LogP) is 3.17. The van der Waals surface area contributed by atoms with Gasteiger partial charge in [-0.3, -0.25) is 4.90 Å². The number of alkyl halides is 3. The number of rotatable bonds is 5. The van der Waals surface area contributed by atoms with Crippen molar-refractivity contribution >= 4 is 6.09 Å². The van der Waals surface area contributed by atoms with Crippen LogP contribution in [0.2, 0.25) is 0 Å². The van der Waals surface area contributed by atoms with Gasteiger partial charge in [-0.25, -0.2) is 4.79 Å². The summed E-state index contributed by atoms with van der Waals surface area (Å²) in [5.41, 5.74) is -0.833. The second-order valence-corrected chi connectivity index (χ2v) is 5.04. The number of allylic oxidation sites excluding steroid dienone is 2. The standard InChI is InChI=1S/C14H21F3N2O2/c1-11(19-9-3-2-4-10-19)5-6-12(14(15,16)17)7-8-18-13(20)21/h5-7,11,18H,2-4,8-10H2,1H3,(H,20,21)/b6-5-,12-7+. The van der Waals surface area contributed by atoms with Gasteiger partial charge in [0.15, 0.2) is 0 Å². The number of amides is 1. The maximum absolute atomic E-state index is 12.8. The van der Waals surface area contributed by atoms with Crippen molar-refractivity contribution in [2.45, 2.75) is 38.4 Å². The first-order valence-corrected chi connectivity index (χ1v) is 6.97. The Hall–Kier alpha value is -1.50. The number of piperidine rings is 1. The summed E-state index contributed by atoms with van der Waals surface area (Å²) in [7, 11) is 0. The van der Waals surface area contributed by atoms with Crippen LogP contribution in [0.5, 0.6) is 0 Å². The van der Waals surface area contributed by atoms with Crippen LogP contribution in [0.15, 0.2) is 23.8 Å². The van der Waals surface area contributed by atoms with Crippen molar-refractivity contribution in [2.75, 3.05) is 19.6 Å². The minimum atomic E-state index is -4.49. The summed E-state index contributed by atoms with van der Waals surface area (Å²) >= 11 is 0. The molecular formula is C14H21F3N2O2. The third-order valence-electron chi connectivity index (χ3n) is 3.42. The van der Waals surface area contributed by atoms with Crippen molar-refractivity contribution in [2.24, 2.45) is 0 Å². The maximum Gasteiger partial charge on any atom is 0.416 e. The molecule has 0 bridgehead atoms. The van der Waals surface area contributed by atoms with E-state index in [4.69, 9.17) is 5.11 Å². The molecule has 0 aromatic rings. The van der Waals surface area contributed by atoms with E-state index in [1.807, 2.05) is 12.2 Å². The van der Waals surface area contributed by atoms with Crippen molar-refractivity contribution in [1.82, 2.24) is 10.2 Å². The van der Waals surface area contributed by atoms with Crippen LogP contribution in [-0.2, 0) is 0 Å². The molecule has 0 saturated carbocycles. The number of carboxylic acid groups (broad SMARTS) is 1. The van der Waals surface area contributed by atoms with Crippen LogP contribution in [-0.4, -0.2) is 48.0 Å². The average Bonchev–Trinajstić information content (AvgIpc) is 2.41. The Bertz CT molecular complexity index is 400. The Labute approximate surface area is 122 Å². The first-order chi connectivity index (χ1) is 9.80. The molecule has 1 fully saturated rings. The fourth-order valence-electron chi connectivity index (χ4n) is 2.22. The predicted molar refractivity (Wildman–Crippen MR) is 74.2 cm³/mol. The number of nitrogens with zero attached hydrogens (tertiary/aromatic N) is 1. The van der Waals surface area contributed by atoms with Crippen molar-refractivity contribution in [3.63, 3.8) is 0 Å². The Morgan fingerprint density at radius 1 is 1.33 bits per heavy atom. The molecule has 2 N–H and O–H groups in total. The number of hydrogen-bond donors (Lipinski definition) is 2. The summed E-state index contributed by atoms with van der Waals surface area (Å²) in [6.45, 7) is 3.30. The fraction of sp³-hybridized carbons (Fsp3) is 0.643. The molecule has 4 nitrogen and oxygen atoms in total. The number of hydrogen-bond acceptors (Lipinski definition) is 2. The zero-order valence-corrected chi connectivity index (χ0v) is 12.0. The molecule has 0 aliphatic carbocycles. The van der Waals surface area contributed by atoms with Crippen LogP contribution in [0.25, 0.3) is 0 Å². The van der Waals surface area contributed by atoms with Crippen molar-refractivity contribution in [1.29, 1.82) is 0 Å². The lowest BCUT2D eigenvalue weighted by Gasteiger charge is -2.30. The normalized spacial score (nSPS) is 19.7. The van der Waals surface area contributed by atoms with Crippen molar-refractivity contribution in [3.05, 3.63) is 23.8 Å². The molecule has 1 aliphatic rings. The molecule has 0 aromatic heterocycles. The summed E-state index contributed by atoms with van der Waals surface area (Å²) in [4.78, 5) is 12.4. The van der Waals surface area contributed by atoms with Gasteiger partial charge in [0.05, 0.1) is 5.57 Å². The number of nitrogens with one attached hydrogen (secondary N) is 1. The van der Waals surface area contributed by atoms with E-state index in [0.717, 1.165) is 38.1 Å². The van der Waals surface area contributed by atoms with Crippen LogP contribution in [0.3, 0.4) is 0 Å². The number of likely N-dealkylation sites (tertiary alicyclic amines) is 1. The Kier molecular flexibility index (Phi) is 6.74. The fourth-order valence-corrected chi connectivity index (χ4v) is 2.22. The Morgan fingerprint density at radius 3 is 2.48 bits per heavy atom. The van der Waals surface area contributed by atoms with Gasteiger partial charge in [-0.15, -0.1) is 0 Å². The molecule has 0 aromatic carbocycles. The topological polar surface area (TPSA) is 52.6 Å². The molecule has 1 atom stereocenters. The van der Waals surface area contributed by atoms with E-state index >= 15 is 0 Å². The van der Waals surface area contributed by atoms with Crippen molar-refractivity contribution in [3.8, 4) is 0 Å². The second kappa shape index (κ2) is 8.07. The lowest BCUT2D eigenvalue weighted by Crippen LogP contribution is -2.36. The summed E-state index contributed by atoms with van der Waals surface area (Å²) in [5, 5.41) is 10.3. The molecule has 0 spiro atoms. The van der Waals surface area contributed by atoms with Gasteiger partial charge in [0.2, 0.25) is 0 Å². The van der Waals surface area contributed by atoms with Gasteiger partial charge in [-0.05, 0) is 32.9 Å². The molecule has 1 rings (SSSR count). The highest BCUT2D eigenvalue weighted by atomic mass is 19.4. The highest BCUT2D eigenvalue weighted by Crippen LogP contribution is 2.26. The largest absolute Gasteiger partial charge is 0.465 e. The van der Waals surface area contributed by atoms with Crippen LogP contribution in [0, 0.1) is 0 Å².